The predicted molar refractivity (Wildman–Crippen MR) is 55.8 cm³/mol. The molecule has 0 aromatic carbocycles. The molecule has 3 atom stereocenters. The van der Waals surface area contributed by atoms with Crippen molar-refractivity contribution in [1.82, 2.24) is 0 Å². The topological polar surface area (TPSA) is 0 Å². The number of hydrogen-bond acceptors (Lipinski definition) is 0. The molecule has 3 unspecified atom stereocenters. The first kappa shape index (κ1) is 10.3. The maximum absolute atomic E-state index is 2.79. The maximum Gasteiger partial charge on any atom is -0.0172 e. The molecule has 0 nitrogen and oxygen atoms in total. The van der Waals surface area contributed by atoms with Crippen LogP contribution in [0.4, 0.5) is 0 Å². The van der Waals surface area contributed by atoms with Crippen LogP contribution in [0.25, 0.3) is 0 Å². The first-order valence-electron chi connectivity index (χ1n) is 3.39. The van der Waals surface area contributed by atoms with Gasteiger partial charge in [0.2, 0.25) is 0 Å². The fourth-order valence-electron chi connectivity index (χ4n) is 0.521. The van der Waals surface area contributed by atoms with Crippen molar-refractivity contribution in [3.63, 3.8) is 0 Å². The Kier molecular flexibility index (Phi) is 8.46. The minimum absolute atomic E-state index is 0.914. The molecule has 0 amide bonds. The van der Waals surface area contributed by atoms with Crippen molar-refractivity contribution < 1.29 is 0 Å². The van der Waals surface area contributed by atoms with Crippen molar-refractivity contribution in [2.75, 3.05) is 18.0 Å². The van der Waals surface area contributed by atoms with Crippen molar-refractivity contribution in [3.8, 4) is 0 Å². The number of rotatable bonds is 5. The highest BCUT2D eigenvalue weighted by Gasteiger charge is 1.91. The molecule has 0 spiro atoms. The normalized spacial score (nSPS) is 13.3. The van der Waals surface area contributed by atoms with Crippen LogP contribution in [0.5, 0.6) is 0 Å². The van der Waals surface area contributed by atoms with Gasteiger partial charge in [0.1, 0.15) is 0 Å². The standard InChI is InChI=1S/C6H17P3/c1-6(2)3-8-5-9-4-7/h6,8-9H,3-5,7H2,1-2H3. The Morgan fingerprint density at radius 3 is 2.44 bits per heavy atom. The largest absolute Gasteiger partial charge is 0.133 e. The van der Waals surface area contributed by atoms with Gasteiger partial charge in [-0.2, -0.15) is 0 Å². The van der Waals surface area contributed by atoms with Crippen LogP contribution in [0.3, 0.4) is 0 Å². The summed E-state index contributed by atoms with van der Waals surface area (Å²) in [5.74, 6) is 3.70. The SMILES string of the molecule is CC(C)CPCPCP. The molecule has 0 N–H and O–H groups in total. The summed E-state index contributed by atoms with van der Waals surface area (Å²) in [7, 11) is 5.20. The first-order chi connectivity index (χ1) is 4.27. The van der Waals surface area contributed by atoms with Crippen molar-refractivity contribution in [3.05, 3.63) is 0 Å². The van der Waals surface area contributed by atoms with Crippen LogP contribution in [-0.2, 0) is 0 Å². The minimum Gasteiger partial charge on any atom is -0.133 e. The monoisotopic (exact) mass is 182 g/mol. The van der Waals surface area contributed by atoms with Gasteiger partial charge in [-0.15, -0.1) is 26.4 Å². The zero-order valence-electron chi connectivity index (χ0n) is 6.28. The lowest BCUT2D eigenvalue weighted by molar-refractivity contribution is 0.748. The summed E-state index contributed by atoms with van der Waals surface area (Å²) in [6, 6.07) is 0. The highest BCUT2D eigenvalue weighted by Crippen LogP contribution is 2.26. The van der Waals surface area contributed by atoms with Gasteiger partial charge >= 0.3 is 0 Å². The summed E-state index contributed by atoms with van der Waals surface area (Å²) >= 11 is 0. The van der Waals surface area contributed by atoms with Crippen LogP contribution in [-0.4, -0.2) is 18.0 Å². The van der Waals surface area contributed by atoms with E-state index < -0.39 is 0 Å². The van der Waals surface area contributed by atoms with Gasteiger partial charge in [0, 0.05) is 0 Å². The Balaban J connectivity index is 2.75. The third-order valence-electron chi connectivity index (χ3n) is 0.947. The van der Waals surface area contributed by atoms with Gasteiger partial charge < -0.3 is 0 Å². The van der Waals surface area contributed by atoms with Gasteiger partial charge in [0.15, 0.2) is 0 Å². The Bertz CT molecular complexity index is 54.3. The molecule has 0 saturated carbocycles. The fraction of sp³-hybridized carbons (Fsp3) is 1.00. The summed E-state index contributed by atoms with van der Waals surface area (Å²) in [4.78, 5) is 0. The maximum atomic E-state index is 2.79. The van der Waals surface area contributed by atoms with E-state index in [1.807, 2.05) is 0 Å². The average Bonchev–Trinajstić information content (AvgIpc) is 1.80. The van der Waals surface area contributed by atoms with E-state index in [0.29, 0.717) is 0 Å². The zero-order valence-corrected chi connectivity index (χ0v) is 9.43. The van der Waals surface area contributed by atoms with E-state index >= 15 is 0 Å². The van der Waals surface area contributed by atoms with Gasteiger partial charge in [-0.3, -0.25) is 0 Å². The van der Waals surface area contributed by atoms with Crippen LogP contribution in [0, 0.1) is 5.92 Å². The lowest BCUT2D eigenvalue weighted by Crippen LogP contribution is -1.87. The average molecular weight is 182 g/mol. The van der Waals surface area contributed by atoms with Crippen molar-refractivity contribution in [1.29, 1.82) is 0 Å². The van der Waals surface area contributed by atoms with E-state index in [2.05, 4.69) is 23.1 Å². The molecule has 56 valence electrons. The van der Waals surface area contributed by atoms with Gasteiger partial charge in [0.25, 0.3) is 0 Å². The smallest absolute Gasteiger partial charge is 0.0172 e. The van der Waals surface area contributed by atoms with Gasteiger partial charge in [-0.05, 0) is 23.9 Å². The Labute approximate surface area is 64.7 Å². The molecule has 0 heterocycles. The fourth-order valence-corrected chi connectivity index (χ4v) is 4.26. The molecule has 0 bridgehead atoms. The molecule has 9 heavy (non-hydrogen) atoms. The molecular weight excluding hydrogens is 165 g/mol. The molecule has 0 saturated heterocycles. The molecule has 0 fully saturated rings. The van der Waals surface area contributed by atoms with E-state index in [-0.39, 0.29) is 0 Å². The van der Waals surface area contributed by atoms with E-state index in [9.17, 15) is 0 Å². The summed E-state index contributed by atoms with van der Waals surface area (Å²) < 4.78 is 0. The Morgan fingerprint density at radius 2 is 2.00 bits per heavy atom. The van der Waals surface area contributed by atoms with Gasteiger partial charge in [-0.25, -0.2) is 0 Å². The summed E-state index contributed by atoms with van der Waals surface area (Å²) in [6.07, 6.45) is 1.44. The molecule has 0 rings (SSSR count). The Hall–Kier alpha value is 1.29. The second kappa shape index (κ2) is 7.40. The van der Waals surface area contributed by atoms with Gasteiger partial charge in [-0.1, -0.05) is 13.8 Å². The molecule has 0 aromatic rings. The van der Waals surface area contributed by atoms with Crippen LogP contribution >= 0.6 is 26.4 Å². The first-order valence-corrected chi connectivity index (χ1v) is 7.03. The second-order valence-corrected chi connectivity index (χ2v) is 6.93. The summed E-state index contributed by atoms with van der Waals surface area (Å²) in [6.45, 7) is 4.60. The second-order valence-electron chi connectivity index (χ2n) is 2.48. The summed E-state index contributed by atoms with van der Waals surface area (Å²) in [5, 5.41) is 0. The van der Waals surface area contributed by atoms with Crippen LogP contribution in [0.1, 0.15) is 13.8 Å². The highest BCUT2D eigenvalue weighted by molar-refractivity contribution is 7.60. The molecule has 0 aliphatic heterocycles. The van der Waals surface area contributed by atoms with Crippen molar-refractivity contribution in [2.24, 2.45) is 5.92 Å². The molecule has 0 aliphatic carbocycles. The Morgan fingerprint density at radius 1 is 1.33 bits per heavy atom. The minimum atomic E-state index is 0.914. The third-order valence-corrected chi connectivity index (χ3v) is 5.21. The summed E-state index contributed by atoms with van der Waals surface area (Å²) in [5.41, 5.74) is 0. The third kappa shape index (κ3) is 9.29. The van der Waals surface area contributed by atoms with E-state index in [1.165, 1.54) is 35.1 Å². The number of hydrogen-bond donors (Lipinski definition) is 0. The van der Waals surface area contributed by atoms with E-state index in [0.717, 1.165) is 5.92 Å². The molecule has 3 heteroatoms. The molecule has 0 radical (unpaired) electrons. The van der Waals surface area contributed by atoms with Crippen LogP contribution < -0.4 is 0 Å². The van der Waals surface area contributed by atoms with Crippen LogP contribution in [0.15, 0.2) is 0 Å². The van der Waals surface area contributed by atoms with E-state index in [1.54, 1.807) is 0 Å². The predicted octanol–water partition coefficient (Wildman–Crippen LogP) is 2.79. The lowest BCUT2D eigenvalue weighted by Gasteiger charge is -2.02. The highest BCUT2D eigenvalue weighted by atomic mass is 31.1. The quantitative estimate of drug-likeness (QED) is 0.453. The van der Waals surface area contributed by atoms with E-state index in [4.69, 9.17) is 0 Å². The van der Waals surface area contributed by atoms with Crippen molar-refractivity contribution >= 4 is 26.4 Å². The van der Waals surface area contributed by atoms with Gasteiger partial charge in [0.05, 0.1) is 0 Å². The molecule has 0 aliphatic rings. The molecule has 0 aromatic heterocycles. The lowest BCUT2D eigenvalue weighted by atomic mass is 10.3. The molecular formula is C6H17P3. The zero-order chi connectivity index (χ0) is 7.11. The van der Waals surface area contributed by atoms with Crippen LogP contribution in [0.2, 0.25) is 0 Å². The van der Waals surface area contributed by atoms with Crippen molar-refractivity contribution in [2.45, 2.75) is 13.8 Å².